The standard InChI is InChI=1S/C14H9BFN3/c15-11-5-13(9-1-3-12(16)4-2-9)14-10(6-17)7-18-19(14)8-11/h1-5,7-8H,15H2. The minimum atomic E-state index is -0.276. The first kappa shape index (κ1) is 11.5. The van der Waals surface area contributed by atoms with Crippen molar-refractivity contribution in [2.24, 2.45) is 0 Å². The third kappa shape index (κ3) is 1.87. The summed E-state index contributed by atoms with van der Waals surface area (Å²) in [5, 5.41) is 13.3. The van der Waals surface area contributed by atoms with E-state index in [2.05, 4.69) is 11.2 Å². The van der Waals surface area contributed by atoms with Gasteiger partial charge in [0.25, 0.3) is 0 Å². The van der Waals surface area contributed by atoms with E-state index >= 15 is 0 Å². The summed E-state index contributed by atoms with van der Waals surface area (Å²) in [6.45, 7) is 0. The van der Waals surface area contributed by atoms with E-state index in [1.54, 1.807) is 22.8 Å². The number of nitrogens with zero attached hydrogens (tertiary/aromatic N) is 3. The van der Waals surface area contributed by atoms with Gasteiger partial charge in [-0.25, -0.2) is 8.91 Å². The van der Waals surface area contributed by atoms with Crippen molar-refractivity contribution in [3.05, 3.63) is 54.1 Å². The molecule has 0 amide bonds. The van der Waals surface area contributed by atoms with Gasteiger partial charge in [-0.05, 0) is 17.7 Å². The summed E-state index contributed by atoms with van der Waals surface area (Å²) in [5.74, 6) is -0.276. The van der Waals surface area contributed by atoms with Gasteiger partial charge in [0.2, 0.25) is 0 Å². The summed E-state index contributed by atoms with van der Waals surface area (Å²) in [6.07, 6.45) is 3.41. The molecule has 0 atom stereocenters. The van der Waals surface area contributed by atoms with Crippen LogP contribution in [-0.2, 0) is 0 Å². The molecule has 0 radical (unpaired) electrons. The lowest BCUT2D eigenvalue weighted by molar-refractivity contribution is 0.628. The predicted octanol–water partition coefficient (Wildman–Crippen LogP) is 1.27. The lowest BCUT2D eigenvalue weighted by atomic mass is 9.93. The van der Waals surface area contributed by atoms with Crippen LogP contribution in [0.25, 0.3) is 16.6 Å². The molecule has 90 valence electrons. The Morgan fingerprint density at radius 2 is 2.00 bits per heavy atom. The molecule has 0 N–H and O–H groups in total. The highest BCUT2D eigenvalue weighted by Crippen LogP contribution is 2.26. The maximum Gasteiger partial charge on any atom is 0.141 e. The zero-order valence-electron chi connectivity index (χ0n) is 10.3. The van der Waals surface area contributed by atoms with E-state index in [1.807, 2.05) is 20.1 Å². The summed E-state index contributed by atoms with van der Waals surface area (Å²) in [5.41, 5.74) is 4.04. The van der Waals surface area contributed by atoms with Crippen molar-refractivity contribution < 1.29 is 4.39 Å². The molecule has 0 spiro atoms. The number of pyridine rings is 1. The van der Waals surface area contributed by atoms with Crippen molar-refractivity contribution in [3.8, 4) is 17.2 Å². The molecule has 3 rings (SSSR count). The van der Waals surface area contributed by atoms with Gasteiger partial charge >= 0.3 is 0 Å². The molecule has 2 aromatic heterocycles. The molecular formula is C14H9BFN3. The Bertz CT molecular complexity index is 800. The second-order valence-corrected chi connectivity index (χ2v) is 4.40. The van der Waals surface area contributed by atoms with Gasteiger partial charge in [-0.2, -0.15) is 10.4 Å². The number of rotatable bonds is 1. The number of fused-ring (bicyclic) bond motifs is 1. The fraction of sp³-hybridized carbons (Fsp3) is 0. The van der Waals surface area contributed by atoms with Crippen molar-refractivity contribution in [2.75, 3.05) is 0 Å². The van der Waals surface area contributed by atoms with Gasteiger partial charge in [-0.1, -0.05) is 23.7 Å². The van der Waals surface area contributed by atoms with Crippen LogP contribution in [0.1, 0.15) is 5.56 Å². The normalized spacial score (nSPS) is 10.5. The molecular weight excluding hydrogens is 240 g/mol. The van der Waals surface area contributed by atoms with Crippen LogP contribution in [0.15, 0.2) is 42.7 Å². The zero-order valence-corrected chi connectivity index (χ0v) is 10.3. The van der Waals surface area contributed by atoms with Crippen LogP contribution in [-0.4, -0.2) is 17.5 Å². The highest BCUT2D eigenvalue weighted by atomic mass is 19.1. The first-order chi connectivity index (χ1) is 9.19. The monoisotopic (exact) mass is 249 g/mol. The van der Waals surface area contributed by atoms with Gasteiger partial charge in [0.1, 0.15) is 19.7 Å². The number of nitriles is 1. The van der Waals surface area contributed by atoms with Crippen molar-refractivity contribution in [1.82, 2.24) is 9.61 Å². The Morgan fingerprint density at radius 3 is 2.68 bits per heavy atom. The molecule has 0 aliphatic carbocycles. The molecule has 1 aromatic carbocycles. The number of benzene rings is 1. The van der Waals surface area contributed by atoms with E-state index in [9.17, 15) is 4.39 Å². The number of halogens is 1. The molecule has 5 heteroatoms. The fourth-order valence-electron chi connectivity index (χ4n) is 2.19. The van der Waals surface area contributed by atoms with Crippen LogP contribution < -0.4 is 5.46 Å². The van der Waals surface area contributed by atoms with Gasteiger partial charge in [0.15, 0.2) is 0 Å². The van der Waals surface area contributed by atoms with E-state index in [0.717, 1.165) is 22.1 Å². The third-order valence-corrected chi connectivity index (χ3v) is 3.02. The minimum Gasteiger partial charge on any atom is -0.240 e. The SMILES string of the molecule is Bc1cc(-c2ccc(F)cc2)c2c(C#N)cnn2c1. The average Bonchev–Trinajstić information content (AvgIpc) is 2.81. The number of aromatic nitrogens is 2. The molecule has 0 unspecified atom stereocenters. The Morgan fingerprint density at radius 1 is 1.26 bits per heavy atom. The first-order valence-electron chi connectivity index (χ1n) is 5.83. The van der Waals surface area contributed by atoms with E-state index in [-0.39, 0.29) is 5.82 Å². The molecule has 0 aliphatic rings. The largest absolute Gasteiger partial charge is 0.240 e. The van der Waals surface area contributed by atoms with Crippen LogP contribution in [0, 0.1) is 17.1 Å². The second kappa shape index (κ2) is 4.25. The quantitative estimate of drug-likeness (QED) is 0.609. The molecule has 19 heavy (non-hydrogen) atoms. The van der Waals surface area contributed by atoms with Crippen molar-refractivity contribution in [3.63, 3.8) is 0 Å². The topological polar surface area (TPSA) is 41.1 Å². The average molecular weight is 249 g/mol. The summed E-state index contributed by atoms with van der Waals surface area (Å²) in [6, 6.07) is 10.4. The van der Waals surface area contributed by atoms with Crippen molar-refractivity contribution in [1.29, 1.82) is 5.26 Å². The van der Waals surface area contributed by atoms with E-state index in [4.69, 9.17) is 5.26 Å². The van der Waals surface area contributed by atoms with Crippen LogP contribution in [0.5, 0.6) is 0 Å². The molecule has 3 aromatic rings. The van der Waals surface area contributed by atoms with Crippen LogP contribution >= 0.6 is 0 Å². The smallest absolute Gasteiger partial charge is 0.141 e. The summed E-state index contributed by atoms with van der Waals surface area (Å²) in [4.78, 5) is 0. The van der Waals surface area contributed by atoms with Gasteiger partial charge in [0, 0.05) is 11.8 Å². The minimum absolute atomic E-state index is 0.276. The molecule has 0 saturated heterocycles. The van der Waals surface area contributed by atoms with E-state index < -0.39 is 0 Å². The zero-order chi connectivity index (χ0) is 13.4. The Labute approximate surface area is 110 Å². The Balaban J connectivity index is 2.36. The van der Waals surface area contributed by atoms with Crippen LogP contribution in [0.3, 0.4) is 0 Å². The van der Waals surface area contributed by atoms with E-state index in [0.29, 0.717) is 5.56 Å². The van der Waals surface area contributed by atoms with Gasteiger partial charge in [0.05, 0.1) is 17.3 Å². The van der Waals surface area contributed by atoms with Crippen LogP contribution in [0.2, 0.25) is 0 Å². The van der Waals surface area contributed by atoms with Gasteiger partial charge < -0.3 is 0 Å². The third-order valence-electron chi connectivity index (χ3n) is 3.02. The maximum absolute atomic E-state index is 13.0. The summed E-state index contributed by atoms with van der Waals surface area (Å²) < 4.78 is 14.7. The Hall–Kier alpha value is -2.61. The highest BCUT2D eigenvalue weighted by Gasteiger charge is 2.11. The van der Waals surface area contributed by atoms with Crippen molar-refractivity contribution >= 4 is 18.8 Å². The lowest BCUT2D eigenvalue weighted by Crippen LogP contribution is -2.07. The fourth-order valence-corrected chi connectivity index (χ4v) is 2.19. The van der Waals surface area contributed by atoms with E-state index in [1.165, 1.54) is 12.1 Å². The second-order valence-electron chi connectivity index (χ2n) is 4.40. The molecule has 0 saturated carbocycles. The summed E-state index contributed by atoms with van der Waals surface area (Å²) >= 11 is 0. The summed E-state index contributed by atoms with van der Waals surface area (Å²) in [7, 11) is 1.96. The molecule has 3 nitrogen and oxygen atoms in total. The molecule has 2 heterocycles. The van der Waals surface area contributed by atoms with Crippen molar-refractivity contribution in [2.45, 2.75) is 0 Å². The predicted molar refractivity (Wildman–Crippen MR) is 73.5 cm³/mol. The number of hydrogen-bond acceptors (Lipinski definition) is 2. The molecule has 0 fully saturated rings. The van der Waals surface area contributed by atoms with Gasteiger partial charge in [-0.3, -0.25) is 0 Å². The maximum atomic E-state index is 13.0. The van der Waals surface area contributed by atoms with Crippen LogP contribution in [0.4, 0.5) is 4.39 Å². The molecule has 0 aliphatic heterocycles. The Kier molecular flexibility index (Phi) is 2.57. The molecule has 0 bridgehead atoms. The lowest BCUT2D eigenvalue weighted by Gasteiger charge is -2.07. The highest BCUT2D eigenvalue weighted by molar-refractivity contribution is 6.32. The van der Waals surface area contributed by atoms with Gasteiger partial charge in [-0.15, -0.1) is 0 Å². The first-order valence-corrected chi connectivity index (χ1v) is 5.83. The number of hydrogen-bond donors (Lipinski definition) is 0.